The van der Waals surface area contributed by atoms with Crippen molar-refractivity contribution in [2.24, 2.45) is 5.92 Å². The van der Waals surface area contributed by atoms with Gasteiger partial charge in [-0.25, -0.2) is 0 Å². The van der Waals surface area contributed by atoms with Crippen molar-refractivity contribution in [1.29, 1.82) is 0 Å². The fourth-order valence-electron chi connectivity index (χ4n) is 2.82. The zero-order chi connectivity index (χ0) is 13.5. The molecule has 1 aliphatic heterocycles. The Kier molecular flexibility index (Phi) is 3.11. The predicted octanol–water partition coefficient (Wildman–Crippen LogP) is 3.03. The number of furan rings is 1. The van der Waals surface area contributed by atoms with E-state index < -0.39 is 5.60 Å². The number of rotatable bonds is 2. The van der Waals surface area contributed by atoms with Gasteiger partial charge in [-0.3, -0.25) is 4.90 Å². The SMILES string of the molecule is C[C@@H]1CN(Cc2ccc3occc3c2)CC[C@]1(C)O. The standard InChI is InChI=1S/C16H21NO2/c1-12-10-17(7-6-16(12,2)18)11-13-3-4-15-14(9-13)5-8-19-15/h3-5,8-9,12,18H,6-7,10-11H2,1-2H3/t12-,16+/m1/s1. The average Bonchev–Trinajstić information content (AvgIpc) is 2.82. The van der Waals surface area contributed by atoms with Gasteiger partial charge in [0.05, 0.1) is 11.9 Å². The molecule has 102 valence electrons. The first-order chi connectivity index (χ1) is 9.04. The zero-order valence-electron chi connectivity index (χ0n) is 11.6. The Hall–Kier alpha value is -1.32. The molecule has 1 aromatic carbocycles. The van der Waals surface area contributed by atoms with Crippen LogP contribution in [0.5, 0.6) is 0 Å². The number of benzene rings is 1. The summed E-state index contributed by atoms with van der Waals surface area (Å²) in [6.07, 6.45) is 2.58. The van der Waals surface area contributed by atoms with Crippen molar-refractivity contribution in [3.05, 3.63) is 36.1 Å². The van der Waals surface area contributed by atoms with Crippen LogP contribution in [0.2, 0.25) is 0 Å². The molecule has 1 saturated heterocycles. The van der Waals surface area contributed by atoms with E-state index in [0.717, 1.165) is 37.0 Å². The lowest BCUT2D eigenvalue weighted by molar-refractivity contribution is -0.0523. The molecule has 19 heavy (non-hydrogen) atoms. The number of fused-ring (bicyclic) bond motifs is 1. The highest BCUT2D eigenvalue weighted by molar-refractivity contribution is 5.77. The molecule has 1 aromatic heterocycles. The number of aliphatic hydroxyl groups is 1. The zero-order valence-corrected chi connectivity index (χ0v) is 11.6. The molecule has 2 atom stereocenters. The van der Waals surface area contributed by atoms with Crippen molar-refractivity contribution in [1.82, 2.24) is 4.90 Å². The molecule has 3 nitrogen and oxygen atoms in total. The molecule has 3 heteroatoms. The van der Waals surface area contributed by atoms with Crippen molar-refractivity contribution < 1.29 is 9.52 Å². The van der Waals surface area contributed by atoms with Crippen molar-refractivity contribution in [2.45, 2.75) is 32.4 Å². The normalized spacial score (nSPS) is 28.9. The largest absolute Gasteiger partial charge is 0.464 e. The summed E-state index contributed by atoms with van der Waals surface area (Å²) in [5.41, 5.74) is 1.74. The highest BCUT2D eigenvalue weighted by Crippen LogP contribution is 2.28. The van der Waals surface area contributed by atoms with E-state index >= 15 is 0 Å². The van der Waals surface area contributed by atoms with Crippen LogP contribution in [0.3, 0.4) is 0 Å². The number of hydrogen-bond donors (Lipinski definition) is 1. The van der Waals surface area contributed by atoms with E-state index in [0.29, 0.717) is 5.92 Å². The highest BCUT2D eigenvalue weighted by Gasteiger charge is 2.34. The highest BCUT2D eigenvalue weighted by atomic mass is 16.3. The molecular formula is C16H21NO2. The Morgan fingerprint density at radius 1 is 1.42 bits per heavy atom. The summed E-state index contributed by atoms with van der Waals surface area (Å²) in [6, 6.07) is 8.36. The van der Waals surface area contributed by atoms with Crippen molar-refractivity contribution in [3.63, 3.8) is 0 Å². The summed E-state index contributed by atoms with van der Waals surface area (Å²) < 4.78 is 5.36. The summed E-state index contributed by atoms with van der Waals surface area (Å²) in [5.74, 6) is 0.318. The predicted molar refractivity (Wildman–Crippen MR) is 75.9 cm³/mol. The lowest BCUT2D eigenvalue weighted by atomic mass is 9.84. The number of likely N-dealkylation sites (tertiary alicyclic amines) is 1. The molecule has 0 radical (unpaired) electrons. The number of piperidine rings is 1. The third-order valence-corrected chi connectivity index (χ3v) is 4.45. The van der Waals surface area contributed by atoms with E-state index in [2.05, 4.69) is 24.0 Å². The summed E-state index contributed by atoms with van der Waals surface area (Å²) in [7, 11) is 0. The average molecular weight is 259 g/mol. The van der Waals surface area contributed by atoms with E-state index in [9.17, 15) is 5.11 Å². The molecule has 0 unspecified atom stereocenters. The van der Waals surface area contributed by atoms with Crippen LogP contribution in [-0.4, -0.2) is 28.7 Å². The lowest BCUT2D eigenvalue weighted by Crippen LogP contribution is -2.48. The first-order valence-corrected chi connectivity index (χ1v) is 6.95. The molecule has 1 N–H and O–H groups in total. The Morgan fingerprint density at radius 2 is 2.26 bits per heavy atom. The summed E-state index contributed by atoms with van der Waals surface area (Å²) in [4.78, 5) is 2.42. The maximum atomic E-state index is 10.2. The van der Waals surface area contributed by atoms with E-state index in [-0.39, 0.29) is 0 Å². The third-order valence-electron chi connectivity index (χ3n) is 4.45. The van der Waals surface area contributed by atoms with Gasteiger partial charge in [0.1, 0.15) is 5.58 Å². The Labute approximate surface area is 113 Å². The number of nitrogens with zero attached hydrogens (tertiary/aromatic N) is 1. The molecule has 3 rings (SSSR count). The van der Waals surface area contributed by atoms with E-state index in [4.69, 9.17) is 4.42 Å². The van der Waals surface area contributed by atoms with Crippen LogP contribution in [0.15, 0.2) is 34.9 Å². The van der Waals surface area contributed by atoms with Crippen LogP contribution < -0.4 is 0 Å². The third kappa shape index (κ3) is 2.53. The minimum Gasteiger partial charge on any atom is -0.464 e. The first kappa shape index (κ1) is 12.7. The van der Waals surface area contributed by atoms with Crippen LogP contribution in [-0.2, 0) is 6.54 Å². The van der Waals surface area contributed by atoms with Gasteiger partial charge in [0.2, 0.25) is 0 Å². The van der Waals surface area contributed by atoms with E-state index in [1.54, 1.807) is 6.26 Å². The second kappa shape index (κ2) is 4.66. The second-order valence-corrected chi connectivity index (χ2v) is 6.04. The van der Waals surface area contributed by atoms with Gasteiger partial charge >= 0.3 is 0 Å². The van der Waals surface area contributed by atoms with Crippen LogP contribution in [0.4, 0.5) is 0 Å². The minimum absolute atomic E-state index is 0.318. The smallest absolute Gasteiger partial charge is 0.133 e. The van der Waals surface area contributed by atoms with Gasteiger partial charge in [0.15, 0.2) is 0 Å². The van der Waals surface area contributed by atoms with E-state index in [1.165, 1.54) is 5.56 Å². The van der Waals surface area contributed by atoms with Crippen LogP contribution in [0, 0.1) is 5.92 Å². The first-order valence-electron chi connectivity index (χ1n) is 6.95. The number of hydrogen-bond acceptors (Lipinski definition) is 3. The molecule has 2 aromatic rings. The van der Waals surface area contributed by atoms with Crippen LogP contribution in [0.1, 0.15) is 25.8 Å². The fourth-order valence-corrected chi connectivity index (χ4v) is 2.82. The molecule has 0 amide bonds. The van der Waals surface area contributed by atoms with Gasteiger partial charge in [-0.05, 0) is 43.0 Å². The Balaban J connectivity index is 1.71. The fraction of sp³-hybridized carbons (Fsp3) is 0.500. The molecule has 0 spiro atoms. The van der Waals surface area contributed by atoms with Crippen molar-refractivity contribution >= 4 is 11.0 Å². The van der Waals surface area contributed by atoms with Crippen molar-refractivity contribution in [2.75, 3.05) is 13.1 Å². The van der Waals surface area contributed by atoms with Gasteiger partial charge in [-0.15, -0.1) is 0 Å². The summed E-state index contributed by atoms with van der Waals surface area (Å²) in [5, 5.41) is 11.4. The van der Waals surface area contributed by atoms with Crippen LogP contribution in [0.25, 0.3) is 11.0 Å². The Morgan fingerprint density at radius 3 is 3.05 bits per heavy atom. The topological polar surface area (TPSA) is 36.6 Å². The van der Waals surface area contributed by atoms with Crippen molar-refractivity contribution in [3.8, 4) is 0 Å². The van der Waals surface area contributed by atoms with Crippen LogP contribution >= 0.6 is 0 Å². The van der Waals surface area contributed by atoms with Gasteiger partial charge in [-0.1, -0.05) is 13.0 Å². The van der Waals surface area contributed by atoms with E-state index in [1.807, 2.05) is 19.1 Å². The van der Waals surface area contributed by atoms with Gasteiger partial charge < -0.3 is 9.52 Å². The minimum atomic E-state index is -0.509. The van der Waals surface area contributed by atoms with Gasteiger partial charge in [0, 0.05) is 25.0 Å². The molecule has 0 bridgehead atoms. The molecule has 0 aliphatic carbocycles. The maximum absolute atomic E-state index is 10.2. The second-order valence-electron chi connectivity index (χ2n) is 6.04. The monoisotopic (exact) mass is 259 g/mol. The van der Waals surface area contributed by atoms with Gasteiger partial charge in [-0.2, -0.15) is 0 Å². The maximum Gasteiger partial charge on any atom is 0.133 e. The molecule has 0 saturated carbocycles. The Bertz CT molecular complexity index is 573. The van der Waals surface area contributed by atoms with Gasteiger partial charge in [0.25, 0.3) is 0 Å². The molecular weight excluding hydrogens is 238 g/mol. The summed E-state index contributed by atoms with van der Waals surface area (Å²) in [6.45, 7) is 6.94. The molecule has 1 aliphatic rings. The summed E-state index contributed by atoms with van der Waals surface area (Å²) >= 11 is 0. The quantitative estimate of drug-likeness (QED) is 0.900. The molecule has 2 heterocycles. The molecule has 1 fully saturated rings. The lowest BCUT2D eigenvalue weighted by Gasteiger charge is -2.41.